The van der Waals surface area contributed by atoms with Crippen molar-refractivity contribution in [1.29, 1.82) is 0 Å². The molecule has 1 aromatic heterocycles. The summed E-state index contributed by atoms with van der Waals surface area (Å²) >= 11 is 6.02. The Morgan fingerprint density at radius 1 is 1.48 bits per heavy atom. The van der Waals surface area contributed by atoms with Crippen molar-refractivity contribution in [3.05, 3.63) is 17.3 Å². The third-order valence-electron chi connectivity index (χ3n) is 3.25. The third-order valence-corrected chi connectivity index (χ3v) is 4.92. The number of nitrogens with zero attached hydrogens (tertiary/aromatic N) is 1. The Morgan fingerprint density at radius 3 is 2.90 bits per heavy atom. The van der Waals surface area contributed by atoms with Gasteiger partial charge in [-0.05, 0) is 32.3 Å². The summed E-state index contributed by atoms with van der Waals surface area (Å²) in [6.45, 7) is 3.54. The monoisotopic (exact) mass is 333 g/mol. The Labute approximate surface area is 130 Å². The van der Waals surface area contributed by atoms with Gasteiger partial charge in [-0.15, -0.1) is 0 Å². The van der Waals surface area contributed by atoms with E-state index in [2.05, 4.69) is 15.0 Å². The first-order valence-corrected chi connectivity index (χ1v) is 8.89. The van der Waals surface area contributed by atoms with Crippen molar-refractivity contribution in [2.24, 2.45) is 0 Å². The first-order valence-electron chi connectivity index (χ1n) is 7.03. The summed E-state index contributed by atoms with van der Waals surface area (Å²) in [7, 11) is -3.62. The van der Waals surface area contributed by atoms with Crippen LogP contribution in [-0.4, -0.2) is 39.2 Å². The minimum Gasteiger partial charge on any atom is -0.377 e. The largest absolute Gasteiger partial charge is 0.377 e. The molecule has 21 heavy (non-hydrogen) atoms. The molecule has 1 atom stereocenters. The number of hydrogen-bond acceptors (Lipinski definition) is 5. The zero-order chi connectivity index (χ0) is 15.3. The van der Waals surface area contributed by atoms with Crippen LogP contribution >= 0.6 is 11.6 Å². The van der Waals surface area contributed by atoms with E-state index in [1.807, 2.05) is 6.92 Å². The molecule has 2 rings (SSSR count). The maximum absolute atomic E-state index is 12.2. The molecule has 1 unspecified atom stereocenters. The molecular weight excluding hydrogens is 314 g/mol. The second kappa shape index (κ2) is 7.40. The van der Waals surface area contributed by atoms with Gasteiger partial charge in [-0.3, -0.25) is 0 Å². The molecule has 118 valence electrons. The lowest BCUT2D eigenvalue weighted by atomic mass is 10.1. The molecule has 1 aliphatic heterocycles. The molecule has 2 N–H and O–H groups in total. The van der Waals surface area contributed by atoms with Gasteiger partial charge in [-0.25, -0.2) is 18.1 Å². The van der Waals surface area contributed by atoms with E-state index < -0.39 is 10.0 Å². The van der Waals surface area contributed by atoms with Gasteiger partial charge in [0, 0.05) is 25.9 Å². The van der Waals surface area contributed by atoms with Gasteiger partial charge in [-0.2, -0.15) is 0 Å². The van der Waals surface area contributed by atoms with E-state index in [0.717, 1.165) is 19.3 Å². The van der Waals surface area contributed by atoms with Crippen molar-refractivity contribution >= 4 is 27.4 Å². The Kier molecular flexibility index (Phi) is 5.80. The maximum atomic E-state index is 12.2. The van der Waals surface area contributed by atoms with E-state index >= 15 is 0 Å². The molecule has 2 heterocycles. The first kappa shape index (κ1) is 16.5. The van der Waals surface area contributed by atoms with Crippen molar-refractivity contribution in [2.75, 3.05) is 25.0 Å². The SMILES string of the molecule is CCNc1ncc(S(=O)(=O)NCC2CCCCO2)cc1Cl. The summed E-state index contributed by atoms with van der Waals surface area (Å²) in [5.41, 5.74) is 0. The van der Waals surface area contributed by atoms with Crippen LogP contribution in [0.4, 0.5) is 5.82 Å². The molecule has 0 amide bonds. The normalized spacial score (nSPS) is 19.4. The van der Waals surface area contributed by atoms with E-state index in [4.69, 9.17) is 16.3 Å². The van der Waals surface area contributed by atoms with Gasteiger partial charge in [0.15, 0.2) is 0 Å². The smallest absolute Gasteiger partial charge is 0.242 e. The summed E-state index contributed by atoms with van der Waals surface area (Å²) in [5, 5.41) is 3.25. The molecule has 1 fully saturated rings. The van der Waals surface area contributed by atoms with Crippen LogP contribution in [0.25, 0.3) is 0 Å². The molecular formula is C13H20ClN3O3S. The number of sulfonamides is 1. The minimum atomic E-state index is -3.62. The highest BCUT2D eigenvalue weighted by Crippen LogP contribution is 2.22. The predicted octanol–water partition coefficient (Wildman–Crippen LogP) is 2.01. The lowest BCUT2D eigenvalue weighted by molar-refractivity contribution is 0.0200. The molecule has 8 heteroatoms. The molecule has 0 spiro atoms. The van der Waals surface area contributed by atoms with E-state index in [0.29, 0.717) is 19.0 Å². The van der Waals surface area contributed by atoms with Crippen LogP contribution in [0, 0.1) is 0 Å². The summed E-state index contributed by atoms with van der Waals surface area (Å²) < 4.78 is 32.5. The molecule has 0 radical (unpaired) electrons. The Morgan fingerprint density at radius 2 is 2.29 bits per heavy atom. The molecule has 0 aromatic carbocycles. The highest BCUT2D eigenvalue weighted by atomic mass is 35.5. The first-order chi connectivity index (χ1) is 10.0. The summed E-state index contributed by atoms with van der Waals surface area (Å²) in [6, 6.07) is 1.40. The topological polar surface area (TPSA) is 80.3 Å². The van der Waals surface area contributed by atoms with Gasteiger partial charge in [-0.1, -0.05) is 11.6 Å². The molecule has 6 nitrogen and oxygen atoms in total. The second-order valence-electron chi connectivity index (χ2n) is 4.87. The number of pyridine rings is 1. The van der Waals surface area contributed by atoms with Gasteiger partial charge in [0.05, 0.1) is 11.1 Å². The zero-order valence-electron chi connectivity index (χ0n) is 11.9. The van der Waals surface area contributed by atoms with E-state index in [1.165, 1.54) is 12.3 Å². The molecule has 0 aliphatic carbocycles. The van der Waals surface area contributed by atoms with Gasteiger partial charge in [0.1, 0.15) is 10.7 Å². The number of hydrogen-bond donors (Lipinski definition) is 2. The highest BCUT2D eigenvalue weighted by molar-refractivity contribution is 7.89. The molecule has 0 saturated carbocycles. The van der Waals surface area contributed by atoms with E-state index in [1.54, 1.807) is 0 Å². The van der Waals surface area contributed by atoms with Crippen LogP contribution in [0.15, 0.2) is 17.2 Å². The fraction of sp³-hybridized carbons (Fsp3) is 0.615. The lowest BCUT2D eigenvalue weighted by Gasteiger charge is -2.22. The van der Waals surface area contributed by atoms with Crippen molar-refractivity contribution in [3.63, 3.8) is 0 Å². The lowest BCUT2D eigenvalue weighted by Crippen LogP contribution is -2.35. The number of nitrogens with one attached hydrogen (secondary N) is 2. The standard InChI is InChI=1S/C13H20ClN3O3S/c1-2-15-13-12(14)7-11(9-16-13)21(18,19)17-8-10-5-3-4-6-20-10/h7,9-10,17H,2-6,8H2,1H3,(H,15,16). The Bertz CT molecular complexity index is 574. The average molecular weight is 334 g/mol. The summed E-state index contributed by atoms with van der Waals surface area (Å²) in [4.78, 5) is 4.10. The number of ether oxygens (including phenoxy) is 1. The Balaban J connectivity index is 2.03. The van der Waals surface area contributed by atoms with Gasteiger partial charge < -0.3 is 10.1 Å². The highest BCUT2D eigenvalue weighted by Gasteiger charge is 2.20. The fourth-order valence-electron chi connectivity index (χ4n) is 2.12. The number of halogens is 1. The average Bonchev–Trinajstić information content (AvgIpc) is 2.48. The van der Waals surface area contributed by atoms with Gasteiger partial charge in [0.2, 0.25) is 10.0 Å². The van der Waals surface area contributed by atoms with E-state index in [-0.39, 0.29) is 22.6 Å². The van der Waals surface area contributed by atoms with Crippen LogP contribution in [0.2, 0.25) is 5.02 Å². The van der Waals surface area contributed by atoms with Crippen LogP contribution in [-0.2, 0) is 14.8 Å². The predicted molar refractivity (Wildman–Crippen MR) is 82.2 cm³/mol. The van der Waals surface area contributed by atoms with Crippen molar-refractivity contribution in [2.45, 2.75) is 37.2 Å². The van der Waals surface area contributed by atoms with Crippen LogP contribution < -0.4 is 10.0 Å². The fourth-order valence-corrected chi connectivity index (χ4v) is 3.45. The number of anilines is 1. The van der Waals surface area contributed by atoms with Crippen LogP contribution in [0.3, 0.4) is 0 Å². The summed E-state index contributed by atoms with van der Waals surface area (Å²) in [5.74, 6) is 0.480. The van der Waals surface area contributed by atoms with Gasteiger partial charge in [0.25, 0.3) is 0 Å². The summed E-state index contributed by atoms with van der Waals surface area (Å²) in [6.07, 6.45) is 4.22. The molecule has 1 aliphatic rings. The minimum absolute atomic E-state index is 0.0574. The third kappa shape index (κ3) is 4.54. The molecule has 1 saturated heterocycles. The van der Waals surface area contributed by atoms with Crippen LogP contribution in [0.1, 0.15) is 26.2 Å². The van der Waals surface area contributed by atoms with Crippen LogP contribution in [0.5, 0.6) is 0 Å². The second-order valence-corrected chi connectivity index (χ2v) is 7.05. The van der Waals surface area contributed by atoms with Gasteiger partial charge >= 0.3 is 0 Å². The Hall–Kier alpha value is -0.890. The van der Waals surface area contributed by atoms with Crippen molar-refractivity contribution < 1.29 is 13.2 Å². The van der Waals surface area contributed by atoms with Crippen molar-refractivity contribution in [3.8, 4) is 0 Å². The maximum Gasteiger partial charge on any atom is 0.242 e. The van der Waals surface area contributed by atoms with E-state index in [9.17, 15) is 8.42 Å². The number of rotatable bonds is 6. The zero-order valence-corrected chi connectivity index (χ0v) is 13.5. The molecule has 1 aromatic rings. The van der Waals surface area contributed by atoms with Crippen molar-refractivity contribution in [1.82, 2.24) is 9.71 Å². The number of aromatic nitrogens is 1. The molecule has 0 bridgehead atoms. The quantitative estimate of drug-likeness (QED) is 0.832.